The minimum atomic E-state index is 0.165. The highest BCUT2D eigenvalue weighted by molar-refractivity contribution is 7.99. The molecule has 1 aliphatic rings. The predicted octanol–water partition coefficient (Wildman–Crippen LogP) is 2.57. The second kappa shape index (κ2) is 7.34. The van der Waals surface area contributed by atoms with Crippen molar-refractivity contribution >= 4 is 17.7 Å². The number of hydrogen-bond acceptors (Lipinski definition) is 5. The SMILES string of the molecule is Cc1ccccc1-n1nnnc1SCC(=O)N1CC(C)CC(C)C1. The molecule has 1 aromatic heterocycles. The van der Waals surface area contributed by atoms with Crippen molar-refractivity contribution in [3.63, 3.8) is 0 Å². The van der Waals surface area contributed by atoms with Gasteiger partial charge in [0.25, 0.3) is 0 Å². The average molecular weight is 345 g/mol. The van der Waals surface area contributed by atoms with Crippen molar-refractivity contribution in [1.29, 1.82) is 0 Å². The van der Waals surface area contributed by atoms with Gasteiger partial charge in [-0.1, -0.05) is 43.8 Å². The van der Waals surface area contributed by atoms with Gasteiger partial charge >= 0.3 is 0 Å². The normalized spacial score (nSPS) is 21.0. The number of benzene rings is 1. The lowest BCUT2D eigenvalue weighted by Crippen LogP contribution is -2.43. The van der Waals surface area contributed by atoms with Gasteiger partial charge in [-0.25, -0.2) is 0 Å². The molecule has 0 radical (unpaired) electrons. The van der Waals surface area contributed by atoms with E-state index in [-0.39, 0.29) is 5.91 Å². The van der Waals surface area contributed by atoms with Crippen molar-refractivity contribution in [3.8, 4) is 5.69 Å². The zero-order chi connectivity index (χ0) is 17.1. The van der Waals surface area contributed by atoms with Gasteiger partial charge in [0.15, 0.2) is 0 Å². The number of aromatic nitrogens is 4. The lowest BCUT2D eigenvalue weighted by molar-refractivity contribution is -0.130. The Bertz CT molecular complexity index is 707. The Morgan fingerprint density at radius 3 is 2.67 bits per heavy atom. The van der Waals surface area contributed by atoms with Gasteiger partial charge in [0.1, 0.15) is 0 Å². The molecule has 2 aromatic rings. The summed E-state index contributed by atoms with van der Waals surface area (Å²) in [5.74, 6) is 1.67. The molecule has 1 aromatic carbocycles. The maximum atomic E-state index is 12.5. The van der Waals surface area contributed by atoms with Crippen LogP contribution in [0.15, 0.2) is 29.4 Å². The summed E-state index contributed by atoms with van der Waals surface area (Å²) in [6.07, 6.45) is 1.20. The fraction of sp³-hybridized carbons (Fsp3) is 0.529. The summed E-state index contributed by atoms with van der Waals surface area (Å²) in [6.45, 7) is 8.15. The third-order valence-electron chi connectivity index (χ3n) is 4.33. The highest BCUT2D eigenvalue weighted by atomic mass is 32.2. The summed E-state index contributed by atoms with van der Waals surface area (Å²) in [5, 5.41) is 12.6. The Morgan fingerprint density at radius 2 is 1.96 bits per heavy atom. The molecule has 6 nitrogen and oxygen atoms in total. The molecule has 1 fully saturated rings. The van der Waals surface area contributed by atoms with Gasteiger partial charge in [-0.05, 0) is 47.2 Å². The molecule has 1 amide bonds. The lowest BCUT2D eigenvalue weighted by Gasteiger charge is -2.34. The van der Waals surface area contributed by atoms with Gasteiger partial charge in [0.05, 0.1) is 11.4 Å². The zero-order valence-corrected chi connectivity index (χ0v) is 15.2. The van der Waals surface area contributed by atoms with E-state index >= 15 is 0 Å². The van der Waals surface area contributed by atoms with E-state index in [1.54, 1.807) is 4.68 Å². The van der Waals surface area contributed by atoms with Gasteiger partial charge in [-0.2, -0.15) is 4.68 Å². The van der Waals surface area contributed by atoms with Crippen LogP contribution in [0.3, 0.4) is 0 Å². The molecule has 0 aliphatic carbocycles. The summed E-state index contributed by atoms with van der Waals surface area (Å²) in [6, 6.07) is 7.94. The van der Waals surface area contributed by atoms with Crippen molar-refractivity contribution in [2.75, 3.05) is 18.8 Å². The molecule has 2 unspecified atom stereocenters. The highest BCUT2D eigenvalue weighted by Gasteiger charge is 2.25. The highest BCUT2D eigenvalue weighted by Crippen LogP contribution is 2.24. The zero-order valence-electron chi connectivity index (χ0n) is 14.3. The van der Waals surface area contributed by atoms with Crippen LogP contribution in [0, 0.1) is 18.8 Å². The van der Waals surface area contributed by atoms with Gasteiger partial charge in [-0.15, -0.1) is 5.10 Å². The van der Waals surface area contributed by atoms with Gasteiger partial charge in [0, 0.05) is 13.1 Å². The molecule has 0 bridgehead atoms. The molecule has 7 heteroatoms. The second-order valence-electron chi connectivity index (χ2n) is 6.69. The lowest BCUT2D eigenvalue weighted by atomic mass is 9.92. The first-order chi connectivity index (χ1) is 11.5. The minimum absolute atomic E-state index is 0.165. The van der Waals surface area contributed by atoms with Crippen molar-refractivity contribution < 1.29 is 4.79 Å². The number of amides is 1. The molecule has 1 saturated heterocycles. The van der Waals surface area contributed by atoms with Crippen LogP contribution >= 0.6 is 11.8 Å². The molecule has 0 saturated carbocycles. The standard InChI is InChI=1S/C17H23N5OS/c1-12-8-13(2)10-21(9-12)16(23)11-24-17-18-19-20-22(17)15-7-5-4-6-14(15)3/h4-7,12-13H,8-11H2,1-3H3. The van der Waals surface area contributed by atoms with E-state index < -0.39 is 0 Å². The van der Waals surface area contributed by atoms with Crippen LogP contribution in [0.25, 0.3) is 5.69 Å². The number of nitrogens with zero attached hydrogens (tertiary/aromatic N) is 5. The van der Waals surface area contributed by atoms with Crippen LogP contribution in [0.5, 0.6) is 0 Å². The van der Waals surface area contributed by atoms with Crippen LogP contribution in [0.1, 0.15) is 25.8 Å². The summed E-state index contributed by atoms with van der Waals surface area (Å²) in [7, 11) is 0. The number of piperidine rings is 1. The molecule has 2 atom stereocenters. The number of carbonyl (C=O) groups excluding carboxylic acids is 1. The Labute approximate surface area is 146 Å². The summed E-state index contributed by atoms with van der Waals surface area (Å²) in [5.41, 5.74) is 2.04. The summed E-state index contributed by atoms with van der Waals surface area (Å²) >= 11 is 1.40. The number of aryl methyl sites for hydroxylation is 1. The average Bonchev–Trinajstić information content (AvgIpc) is 3.00. The number of rotatable bonds is 4. The quantitative estimate of drug-likeness (QED) is 0.797. The van der Waals surface area contributed by atoms with Gasteiger partial charge in [-0.3, -0.25) is 4.79 Å². The summed E-state index contributed by atoms with van der Waals surface area (Å²) < 4.78 is 1.70. The van der Waals surface area contributed by atoms with Crippen molar-refractivity contribution in [2.24, 2.45) is 11.8 Å². The van der Waals surface area contributed by atoms with Crippen LogP contribution in [0.4, 0.5) is 0 Å². The van der Waals surface area contributed by atoms with E-state index in [4.69, 9.17) is 0 Å². The maximum absolute atomic E-state index is 12.5. The molecular formula is C17H23N5OS. The smallest absolute Gasteiger partial charge is 0.233 e. The number of likely N-dealkylation sites (tertiary alicyclic amines) is 1. The second-order valence-corrected chi connectivity index (χ2v) is 7.64. The number of hydrogen-bond donors (Lipinski definition) is 0. The van der Waals surface area contributed by atoms with Crippen LogP contribution in [-0.4, -0.2) is 49.9 Å². The molecule has 128 valence electrons. The van der Waals surface area contributed by atoms with E-state index in [9.17, 15) is 4.79 Å². The van der Waals surface area contributed by atoms with Crippen molar-refractivity contribution in [1.82, 2.24) is 25.1 Å². The van der Waals surface area contributed by atoms with Crippen LogP contribution in [-0.2, 0) is 4.79 Å². The molecule has 3 rings (SSSR count). The van der Waals surface area contributed by atoms with E-state index in [2.05, 4.69) is 29.4 Å². The Kier molecular flexibility index (Phi) is 5.18. The molecule has 0 spiro atoms. The largest absolute Gasteiger partial charge is 0.341 e. The van der Waals surface area contributed by atoms with Gasteiger partial charge in [0.2, 0.25) is 11.1 Å². The van der Waals surface area contributed by atoms with E-state index in [1.807, 2.05) is 36.1 Å². The number of para-hydroxylation sites is 1. The third-order valence-corrected chi connectivity index (χ3v) is 5.23. The topological polar surface area (TPSA) is 63.9 Å². The first kappa shape index (κ1) is 17.0. The van der Waals surface area contributed by atoms with Crippen molar-refractivity contribution in [2.45, 2.75) is 32.3 Å². The fourth-order valence-electron chi connectivity index (χ4n) is 3.31. The Balaban J connectivity index is 1.67. The monoisotopic (exact) mass is 345 g/mol. The number of tetrazole rings is 1. The van der Waals surface area contributed by atoms with E-state index in [1.165, 1.54) is 18.2 Å². The number of carbonyl (C=O) groups is 1. The van der Waals surface area contributed by atoms with Crippen molar-refractivity contribution in [3.05, 3.63) is 29.8 Å². The predicted molar refractivity (Wildman–Crippen MR) is 94.1 cm³/mol. The molecular weight excluding hydrogens is 322 g/mol. The van der Waals surface area contributed by atoms with Crippen LogP contribution in [0.2, 0.25) is 0 Å². The van der Waals surface area contributed by atoms with Crippen LogP contribution < -0.4 is 0 Å². The third kappa shape index (κ3) is 3.77. The van der Waals surface area contributed by atoms with E-state index in [0.29, 0.717) is 22.7 Å². The number of thioether (sulfide) groups is 1. The van der Waals surface area contributed by atoms with E-state index in [0.717, 1.165) is 24.3 Å². The minimum Gasteiger partial charge on any atom is -0.341 e. The Morgan fingerprint density at radius 1 is 1.25 bits per heavy atom. The molecule has 24 heavy (non-hydrogen) atoms. The van der Waals surface area contributed by atoms with Gasteiger partial charge < -0.3 is 4.90 Å². The molecule has 0 N–H and O–H groups in total. The summed E-state index contributed by atoms with van der Waals surface area (Å²) in [4.78, 5) is 14.5. The fourth-order valence-corrected chi connectivity index (χ4v) is 4.09. The molecule has 1 aliphatic heterocycles. The maximum Gasteiger partial charge on any atom is 0.233 e. The molecule has 2 heterocycles. The first-order valence-corrected chi connectivity index (χ1v) is 9.28. The Hall–Kier alpha value is -1.89. The first-order valence-electron chi connectivity index (χ1n) is 8.29.